The first-order valence-corrected chi connectivity index (χ1v) is 5.59. The minimum Gasteiger partial charge on any atom is -0.355 e. The van der Waals surface area contributed by atoms with Crippen LogP contribution in [0.25, 0.3) is 0 Å². The number of nitrogens with one attached hydrogen (secondary N) is 1. The van der Waals surface area contributed by atoms with Crippen LogP contribution in [0.1, 0.15) is 19.4 Å². The fourth-order valence-electron chi connectivity index (χ4n) is 1.50. The molecular formula is C12H16N4O. The maximum absolute atomic E-state index is 11.5. The fourth-order valence-corrected chi connectivity index (χ4v) is 1.50. The molecule has 1 N–H and O–H groups in total. The summed E-state index contributed by atoms with van der Waals surface area (Å²) in [5, 5.41) is 11.7. The van der Waals surface area contributed by atoms with Crippen LogP contribution in [0.5, 0.6) is 0 Å². The average molecular weight is 232 g/mol. The number of likely N-dealkylation sites (N-methyl/N-ethyl adjacent to an activating group) is 2. The Bertz CT molecular complexity index is 425. The van der Waals surface area contributed by atoms with Gasteiger partial charge in [0.1, 0.15) is 11.9 Å². The molecule has 0 saturated heterocycles. The number of hydrogen-bond acceptors (Lipinski definition) is 4. The summed E-state index contributed by atoms with van der Waals surface area (Å²) >= 11 is 0. The van der Waals surface area contributed by atoms with Gasteiger partial charge in [0.25, 0.3) is 0 Å². The normalized spacial score (nSPS) is 9.47. The van der Waals surface area contributed by atoms with E-state index in [-0.39, 0.29) is 12.5 Å². The molecule has 5 nitrogen and oxygen atoms in total. The van der Waals surface area contributed by atoms with E-state index in [2.05, 4.69) is 16.4 Å². The largest absolute Gasteiger partial charge is 0.355 e. The Morgan fingerprint density at radius 1 is 1.59 bits per heavy atom. The Labute approximate surface area is 101 Å². The van der Waals surface area contributed by atoms with Crippen LogP contribution in [0.4, 0.5) is 5.82 Å². The first kappa shape index (κ1) is 13.0. The predicted molar refractivity (Wildman–Crippen MR) is 65.5 cm³/mol. The fraction of sp³-hybridized carbons (Fsp3) is 0.417. The Balaban J connectivity index is 2.87. The number of nitrogens with zero attached hydrogens (tertiary/aromatic N) is 3. The molecule has 90 valence electrons. The van der Waals surface area contributed by atoms with E-state index in [0.29, 0.717) is 24.5 Å². The number of anilines is 1. The molecule has 1 aromatic heterocycles. The molecule has 0 atom stereocenters. The summed E-state index contributed by atoms with van der Waals surface area (Å²) < 4.78 is 0. The molecule has 17 heavy (non-hydrogen) atoms. The quantitative estimate of drug-likeness (QED) is 0.819. The molecule has 1 heterocycles. The van der Waals surface area contributed by atoms with Crippen LogP contribution in [0.3, 0.4) is 0 Å². The Morgan fingerprint density at radius 3 is 2.94 bits per heavy atom. The lowest BCUT2D eigenvalue weighted by atomic mass is 10.2. The van der Waals surface area contributed by atoms with Crippen molar-refractivity contribution < 1.29 is 4.79 Å². The Kier molecular flexibility index (Phi) is 4.95. The molecule has 0 aliphatic carbocycles. The predicted octanol–water partition coefficient (Wildman–Crippen LogP) is 0.916. The van der Waals surface area contributed by atoms with Crippen LogP contribution in [-0.2, 0) is 4.79 Å². The van der Waals surface area contributed by atoms with E-state index in [1.54, 1.807) is 23.2 Å². The van der Waals surface area contributed by atoms with E-state index in [1.807, 2.05) is 13.8 Å². The zero-order valence-electron chi connectivity index (χ0n) is 10.1. The van der Waals surface area contributed by atoms with Crippen LogP contribution < -0.4 is 10.2 Å². The number of hydrogen-bond donors (Lipinski definition) is 1. The van der Waals surface area contributed by atoms with Crippen LogP contribution in [0.2, 0.25) is 0 Å². The molecule has 0 saturated carbocycles. The molecule has 0 spiro atoms. The summed E-state index contributed by atoms with van der Waals surface area (Å²) in [5.41, 5.74) is 0.485. The average Bonchev–Trinajstić information content (AvgIpc) is 2.36. The number of rotatable bonds is 5. The first-order valence-electron chi connectivity index (χ1n) is 5.59. The highest BCUT2D eigenvalue weighted by atomic mass is 16.2. The van der Waals surface area contributed by atoms with Crippen molar-refractivity contribution in [1.82, 2.24) is 10.3 Å². The van der Waals surface area contributed by atoms with Crippen molar-refractivity contribution in [1.29, 1.82) is 5.26 Å². The smallest absolute Gasteiger partial charge is 0.239 e. The SMILES string of the molecule is CCNC(=O)CN(CC)c1ncccc1C#N. The van der Waals surface area contributed by atoms with Crippen molar-refractivity contribution in [3.63, 3.8) is 0 Å². The van der Waals surface area contributed by atoms with Gasteiger partial charge >= 0.3 is 0 Å². The highest BCUT2D eigenvalue weighted by Gasteiger charge is 2.13. The topological polar surface area (TPSA) is 69.0 Å². The van der Waals surface area contributed by atoms with E-state index in [1.165, 1.54) is 0 Å². The van der Waals surface area contributed by atoms with Crippen LogP contribution in [0.15, 0.2) is 18.3 Å². The lowest BCUT2D eigenvalue weighted by Gasteiger charge is -2.21. The molecule has 5 heteroatoms. The molecule has 1 rings (SSSR count). The lowest BCUT2D eigenvalue weighted by Crippen LogP contribution is -2.37. The van der Waals surface area contributed by atoms with Gasteiger partial charge < -0.3 is 10.2 Å². The number of nitriles is 1. The second-order valence-electron chi connectivity index (χ2n) is 3.45. The molecule has 0 aromatic carbocycles. The van der Waals surface area contributed by atoms with Gasteiger partial charge in [-0.3, -0.25) is 4.79 Å². The maximum atomic E-state index is 11.5. The van der Waals surface area contributed by atoms with E-state index in [4.69, 9.17) is 5.26 Å². The summed E-state index contributed by atoms with van der Waals surface area (Å²) in [6, 6.07) is 5.49. The first-order chi connectivity index (χ1) is 8.22. The highest BCUT2D eigenvalue weighted by Crippen LogP contribution is 2.15. The molecule has 0 aliphatic rings. The monoisotopic (exact) mass is 232 g/mol. The second-order valence-corrected chi connectivity index (χ2v) is 3.45. The molecule has 1 amide bonds. The van der Waals surface area contributed by atoms with Crippen LogP contribution >= 0.6 is 0 Å². The van der Waals surface area contributed by atoms with Crippen molar-refractivity contribution in [2.24, 2.45) is 0 Å². The second kappa shape index (κ2) is 6.48. The van der Waals surface area contributed by atoms with Crippen LogP contribution in [0, 0.1) is 11.3 Å². The van der Waals surface area contributed by atoms with Gasteiger partial charge in [0, 0.05) is 19.3 Å². The molecule has 0 bridgehead atoms. The summed E-state index contributed by atoms with van der Waals surface area (Å²) in [4.78, 5) is 17.5. The van der Waals surface area contributed by atoms with Crippen molar-refractivity contribution in [3.05, 3.63) is 23.9 Å². The minimum absolute atomic E-state index is 0.0658. The highest BCUT2D eigenvalue weighted by molar-refractivity contribution is 5.81. The zero-order valence-corrected chi connectivity index (χ0v) is 10.1. The molecule has 1 aromatic rings. The Morgan fingerprint density at radius 2 is 2.35 bits per heavy atom. The third-order valence-electron chi connectivity index (χ3n) is 2.30. The van der Waals surface area contributed by atoms with Gasteiger partial charge in [-0.1, -0.05) is 0 Å². The van der Waals surface area contributed by atoms with Gasteiger partial charge in [-0.05, 0) is 26.0 Å². The number of pyridine rings is 1. The Hall–Kier alpha value is -2.09. The van der Waals surface area contributed by atoms with Gasteiger partial charge in [-0.2, -0.15) is 5.26 Å². The van der Waals surface area contributed by atoms with E-state index in [0.717, 1.165) is 0 Å². The number of carbonyl (C=O) groups excluding carboxylic acids is 1. The van der Waals surface area contributed by atoms with Crippen molar-refractivity contribution in [2.75, 3.05) is 24.5 Å². The lowest BCUT2D eigenvalue weighted by molar-refractivity contribution is -0.119. The molecule has 0 fully saturated rings. The van der Waals surface area contributed by atoms with Gasteiger partial charge in [-0.25, -0.2) is 4.98 Å². The number of carbonyl (C=O) groups is 1. The van der Waals surface area contributed by atoms with Crippen molar-refractivity contribution in [3.8, 4) is 6.07 Å². The zero-order chi connectivity index (χ0) is 12.7. The van der Waals surface area contributed by atoms with E-state index in [9.17, 15) is 4.79 Å². The third-order valence-corrected chi connectivity index (χ3v) is 2.30. The molecular weight excluding hydrogens is 216 g/mol. The number of aromatic nitrogens is 1. The standard InChI is InChI=1S/C12H16N4O/c1-3-14-11(17)9-16(4-2)12-10(8-13)6-5-7-15-12/h5-7H,3-4,9H2,1-2H3,(H,14,17). The summed E-state index contributed by atoms with van der Waals surface area (Å²) in [6.45, 7) is 5.24. The van der Waals surface area contributed by atoms with Gasteiger partial charge in [0.05, 0.1) is 12.1 Å². The number of amides is 1. The van der Waals surface area contributed by atoms with E-state index < -0.39 is 0 Å². The van der Waals surface area contributed by atoms with Gasteiger partial charge in [-0.15, -0.1) is 0 Å². The third kappa shape index (κ3) is 3.45. The molecule has 0 unspecified atom stereocenters. The van der Waals surface area contributed by atoms with Crippen molar-refractivity contribution in [2.45, 2.75) is 13.8 Å². The van der Waals surface area contributed by atoms with Gasteiger partial charge in [0.2, 0.25) is 5.91 Å². The van der Waals surface area contributed by atoms with Crippen molar-refractivity contribution >= 4 is 11.7 Å². The minimum atomic E-state index is -0.0658. The van der Waals surface area contributed by atoms with E-state index >= 15 is 0 Å². The summed E-state index contributed by atoms with van der Waals surface area (Å²) in [7, 11) is 0. The molecule has 0 radical (unpaired) electrons. The van der Waals surface area contributed by atoms with Gasteiger partial charge in [0.15, 0.2) is 0 Å². The van der Waals surface area contributed by atoms with Crippen LogP contribution in [-0.4, -0.2) is 30.5 Å². The maximum Gasteiger partial charge on any atom is 0.239 e. The summed E-state index contributed by atoms with van der Waals surface area (Å²) in [5.74, 6) is 0.493. The summed E-state index contributed by atoms with van der Waals surface area (Å²) in [6.07, 6.45) is 1.62. The molecule has 0 aliphatic heterocycles.